The number of rotatable bonds is 9. The number of hydrogen-bond acceptors (Lipinski definition) is 6. The molecule has 11 heteroatoms. The molecule has 0 spiro atoms. The molecule has 1 amide bonds. The molecule has 0 unspecified atom stereocenters. The van der Waals surface area contributed by atoms with Gasteiger partial charge in [0.05, 0.1) is 5.39 Å². The molecule has 0 fully saturated rings. The largest absolute Gasteiger partial charge is 0.481 e. The van der Waals surface area contributed by atoms with Gasteiger partial charge < -0.3 is 26.2 Å². The van der Waals surface area contributed by atoms with Gasteiger partial charge in [0, 0.05) is 17.7 Å². The number of anilines is 1. The van der Waals surface area contributed by atoms with E-state index in [1.54, 1.807) is 24.3 Å². The Morgan fingerprint density at radius 1 is 1.12 bits per heavy atom. The second-order valence-electron chi connectivity index (χ2n) is 7.40. The van der Waals surface area contributed by atoms with Gasteiger partial charge in [-0.05, 0) is 49.4 Å². The van der Waals surface area contributed by atoms with E-state index in [9.17, 15) is 24.3 Å². The molecule has 7 N–H and O–H groups in total. The number of carbonyl (C=O) groups is 3. The Kier molecular flexibility index (Phi) is 6.57. The second kappa shape index (κ2) is 9.33. The Morgan fingerprint density at radius 2 is 1.81 bits per heavy atom. The van der Waals surface area contributed by atoms with Crippen molar-refractivity contribution >= 4 is 34.8 Å². The van der Waals surface area contributed by atoms with Crippen LogP contribution in [0.1, 0.15) is 40.0 Å². The Morgan fingerprint density at radius 3 is 2.44 bits per heavy atom. The molecule has 3 aromatic rings. The molecule has 1 atom stereocenters. The van der Waals surface area contributed by atoms with Crippen molar-refractivity contribution in [2.45, 2.75) is 38.6 Å². The molecule has 0 bridgehead atoms. The summed E-state index contributed by atoms with van der Waals surface area (Å²) in [6, 6.07) is 5.33. The first-order valence-corrected chi connectivity index (χ1v) is 9.87. The molecular weight excluding hydrogens is 418 g/mol. The maximum Gasteiger partial charge on any atom is 0.326 e. The van der Waals surface area contributed by atoms with Gasteiger partial charge in [-0.15, -0.1) is 0 Å². The number of aliphatic carboxylic acids is 2. The number of carbonyl (C=O) groups excluding carboxylic acids is 1. The summed E-state index contributed by atoms with van der Waals surface area (Å²) in [5.74, 6) is -2.99. The van der Waals surface area contributed by atoms with Crippen molar-refractivity contribution in [3.8, 4) is 0 Å². The highest BCUT2D eigenvalue weighted by Crippen LogP contribution is 2.20. The molecular formula is C21H23N5O6. The zero-order chi connectivity index (χ0) is 23.4. The van der Waals surface area contributed by atoms with E-state index >= 15 is 0 Å². The lowest BCUT2D eigenvalue weighted by molar-refractivity contribution is -0.140. The van der Waals surface area contributed by atoms with E-state index in [2.05, 4.69) is 20.3 Å². The number of nitrogen functional groups attached to an aromatic ring is 1. The number of amides is 1. The summed E-state index contributed by atoms with van der Waals surface area (Å²) < 4.78 is 0. The number of nitrogens with two attached hydrogens (primary N) is 1. The fourth-order valence-electron chi connectivity index (χ4n) is 3.47. The summed E-state index contributed by atoms with van der Waals surface area (Å²) >= 11 is 0. The van der Waals surface area contributed by atoms with E-state index in [1.807, 2.05) is 6.92 Å². The Balaban J connectivity index is 1.67. The molecule has 0 aliphatic rings. The number of aromatic amines is 2. The number of nitrogens with zero attached hydrogens (tertiary/aromatic N) is 1. The molecule has 0 saturated carbocycles. The van der Waals surface area contributed by atoms with E-state index in [1.165, 1.54) is 0 Å². The number of hydrogen-bond donors (Lipinski definition) is 6. The first-order chi connectivity index (χ1) is 15.2. The van der Waals surface area contributed by atoms with Crippen molar-refractivity contribution < 1.29 is 24.6 Å². The Hall–Kier alpha value is -4.15. The van der Waals surface area contributed by atoms with Crippen LogP contribution in [0.3, 0.4) is 0 Å². The lowest BCUT2D eigenvalue weighted by Gasteiger charge is -2.13. The highest BCUT2D eigenvalue weighted by atomic mass is 16.4. The Labute approximate surface area is 181 Å². The first-order valence-electron chi connectivity index (χ1n) is 9.87. The Bertz CT molecular complexity index is 1230. The fraction of sp³-hybridized carbons (Fsp3) is 0.286. The van der Waals surface area contributed by atoms with E-state index in [0.717, 1.165) is 16.8 Å². The number of H-pyrrole nitrogens is 2. The van der Waals surface area contributed by atoms with Gasteiger partial charge >= 0.3 is 11.9 Å². The van der Waals surface area contributed by atoms with Gasteiger partial charge in [-0.25, -0.2) is 4.79 Å². The second-order valence-corrected chi connectivity index (χ2v) is 7.40. The van der Waals surface area contributed by atoms with Gasteiger partial charge in [0.25, 0.3) is 11.5 Å². The third-order valence-corrected chi connectivity index (χ3v) is 5.13. The monoisotopic (exact) mass is 441 g/mol. The van der Waals surface area contributed by atoms with E-state index in [4.69, 9.17) is 10.8 Å². The molecule has 0 aliphatic heterocycles. The van der Waals surface area contributed by atoms with Gasteiger partial charge in [0.15, 0.2) is 0 Å². The quantitative estimate of drug-likeness (QED) is 0.283. The third-order valence-electron chi connectivity index (χ3n) is 5.13. The summed E-state index contributed by atoms with van der Waals surface area (Å²) in [5.41, 5.74) is 8.53. The molecule has 32 heavy (non-hydrogen) atoms. The molecule has 0 radical (unpaired) electrons. The van der Waals surface area contributed by atoms with Crippen molar-refractivity contribution in [2.24, 2.45) is 0 Å². The maximum atomic E-state index is 12.3. The van der Waals surface area contributed by atoms with E-state index in [-0.39, 0.29) is 29.9 Å². The van der Waals surface area contributed by atoms with Crippen LogP contribution in [0.5, 0.6) is 0 Å². The summed E-state index contributed by atoms with van der Waals surface area (Å²) in [6.45, 7) is 1.85. The van der Waals surface area contributed by atoms with Crippen LogP contribution >= 0.6 is 0 Å². The van der Waals surface area contributed by atoms with E-state index in [0.29, 0.717) is 23.9 Å². The summed E-state index contributed by atoms with van der Waals surface area (Å²) in [4.78, 5) is 56.2. The first kappa shape index (κ1) is 22.5. The lowest BCUT2D eigenvalue weighted by Crippen LogP contribution is -2.41. The smallest absolute Gasteiger partial charge is 0.326 e. The molecule has 2 aromatic heterocycles. The maximum absolute atomic E-state index is 12.3. The molecule has 3 rings (SSSR count). The number of carboxylic acid groups (broad SMARTS) is 2. The third kappa shape index (κ3) is 5.12. The van der Waals surface area contributed by atoms with Crippen LogP contribution in [0.15, 0.2) is 29.1 Å². The minimum Gasteiger partial charge on any atom is -0.481 e. The molecule has 2 heterocycles. The van der Waals surface area contributed by atoms with Gasteiger partial charge in [-0.3, -0.25) is 19.4 Å². The van der Waals surface area contributed by atoms with Crippen LogP contribution in [-0.2, 0) is 22.4 Å². The number of aryl methyl sites for hydroxylation is 3. The van der Waals surface area contributed by atoms with Crippen molar-refractivity contribution in [2.75, 3.05) is 5.73 Å². The predicted molar refractivity (Wildman–Crippen MR) is 115 cm³/mol. The van der Waals surface area contributed by atoms with Gasteiger partial charge in [0.1, 0.15) is 11.7 Å². The van der Waals surface area contributed by atoms with Crippen LogP contribution in [-0.4, -0.2) is 49.1 Å². The minimum absolute atomic E-state index is 0.0391. The van der Waals surface area contributed by atoms with Crippen molar-refractivity contribution in [1.29, 1.82) is 0 Å². The van der Waals surface area contributed by atoms with Crippen molar-refractivity contribution in [1.82, 2.24) is 20.3 Å². The molecule has 1 aromatic carbocycles. The van der Waals surface area contributed by atoms with Gasteiger partial charge in [-0.2, -0.15) is 4.98 Å². The van der Waals surface area contributed by atoms with Crippen LogP contribution in [0.2, 0.25) is 0 Å². The average Bonchev–Trinajstić information content (AvgIpc) is 3.04. The number of nitrogens with one attached hydrogen (secondary N) is 3. The van der Waals surface area contributed by atoms with E-state index < -0.39 is 23.9 Å². The molecule has 168 valence electrons. The number of fused-ring (bicyclic) bond motifs is 1. The lowest BCUT2D eigenvalue weighted by atomic mass is 10.0. The zero-order valence-corrected chi connectivity index (χ0v) is 17.3. The summed E-state index contributed by atoms with van der Waals surface area (Å²) in [5, 5.41) is 20.7. The number of carboxylic acids is 2. The summed E-state index contributed by atoms with van der Waals surface area (Å²) in [7, 11) is 0. The molecule has 0 saturated heterocycles. The SMILES string of the molecule is Cc1[nH]c2nc(N)[nH]c(=O)c2c1CCc1ccc(C(=O)N[C@@H](CCC(=O)O)C(=O)O)cc1. The standard InChI is InChI=1S/C21H23N5O6/c1-10-13(16-17(23-10)25-21(22)26-19(16)30)7-4-11-2-5-12(6-3-11)18(29)24-14(20(31)32)8-9-15(27)28/h2-3,5-6,14H,4,7-9H2,1H3,(H,24,29)(H,27,28)(H,31,32)(H4,22,23,25,26,30)/t14-/m0/s1. The molecule has 11 nitrogen and oxygen atoms in total. The van der Waals surface area contributed by atoms with Crippen LogP contribution in [0, 0.1) is 6.92 Å². The summed E-state index contributed by atoms with van der Waals surface area (Å²) in [6.07, 6.45) is 0.574. The topological polar surface area (TPSA) is 191 Å². The van der Waals surface area contributed by atoms with Crippen LogP contribution in [0.4, 0.5) is 5.95 Å². The van der Waals surface area contributed by atoms with Crippen LogP contribution in [0.25, 0.3) is 11.0 Å². The number of benzene rings is 1. The zero-order valence-electron chi connectivity index (χ0n) is 17.3. The van der Waals surface area contributed by atoms with Gasteiger partial charge in [-0.1, -0.05) is 12.1 Å². The minimum atomic E-state index is -1.29. The van der Waals surface area contributed by atoms with Gasteiger partial charge in [0.2, 0.25) is 5.95 Å². The van der Waals surface area contributed by atoms with Crippen molar-refractivity contribution in [3.63, 3.8) is 0 Å². The average molecular weight is 441 g/mol. The predicted octanol–water partition coefficient (Wildman–Crippen LogP) is 0.975. The molecule has 0 aliphatic carbocycles. The van der Waals surface area contributed by atoms with Crippen LogP contribution < -0.4 is 16.6 Å². The fourth-order valence-corrected chi connectivity index (χ4v) is 3.47. The van der Waals surface area contributed by atoms with Crippen molar-refractivity contribution in [3.05, 3.63) is 57.0 Å². The number of aromatic nitrogens is 3. The normalized spacial score (nSPS) is 11.9. The highest BCUT2D eigenvalue weighted by Gasteiger charge is 2.21. The highest BCUT2D eigenvalue weighted by molar-refractivity contribution is 5.96.